The number of benzene rings is 3. The highest BCUT2D eigenvalue weighted by Crippen LogP contribution is 2.36. The van der Waals surface area contributed by atoms with E-state index in [1.807, 2.05) is 42.3 Å². The standard InChI is InChI=1S/C35H36ClFN6O3S/c1-3-39-43-14-4-6-24(43)19-28-29(36)12-11-27-26(34(35(44)45)42(2)33(27)28)7-5-15-46-30-17-21(8-13-31-40-41-32(20-38)47-31)16-22-18-23(37)9-10-25(22)30/h3,9-12,16-19H,4-8,13-15,20,38H2,1-2H3,(H,44,45)/b24-19+,39-3+. The summed E-state index contributed by atoms with van der Waals surface area (Å²) < 4.78 is 22.2. The molecule has 12 heteroatoms. The van der Waals surface area contributed by atoms with E-state index in [4.69, 9.17) is 22.1 Å². The van der Waals surface area contributed by atoms with E-state index in [0.29, 0.717) is 49.6 Å². The number of aryl methyl sites for hydroxylation is 4. The minimum absolute atomic E-state index is 0.231. The van der Waals surface area contributed by atoms with Gasteiger partial charge in [0, 0.05) is 59.8 Å². The van der Waals surface area contributed by atoms with Gasteiger partial charge in [-0.05, 0) is 91.9 Å². The molecule has 3 heterocycles. The molecule has 5 aromatic rings. The molecule has 3 aromatic carbocycles. The van der Waals surface area contributed by atoms with Gasteiger partial charge in [0.05, 0.1) is 12.1 Å². The molecule has 0 saturated carbocycles. The summed E-state index contributed by atoms with van der Waals surface area (Å²) in [4.78, 5) is 12.6. The number of carbonyl (C=O) groups is 1. The molecular weight excluding hydrogens is 639 g/mol. The molecule has 1 aliphatic heterocycles. The molecule has 9 nitrogen and oxygen atoms in total. The Morgan fingerprint density at radius 1 is 1.15 bits per heavy atom. The number of ether oxygens (including phenoxy) is 1. The molecule has 47 heavy (non-hydrogen) atoms. The van der Waals surface area contributed by atoms with E-state index in [2.05, 4.69) is 15.3 Å². The van der Waals surface area contributed by atoms with Gasteiger partial charge in [0.1, 0.15) is 27.3 Å². The number of allylic oxidation sites excluding steroid dienone is 1. The van der Waals surface area contributed by atoms with Gasteiger partial charge in [-0.2, -0.15) is 5.10 Å². The van der Waals surface area contributed by atoms with Crippen molar-refractivity contribution >= 4 is 62.9 Å². The Hall–Kier alpha value is -4.32. The topological polar surface area (TPSA) is 119 Å². The molecule has 1 fully saturated rings. The second kappa shape index (κ2) is 14.2. The maximum absolute atomic E-state index is 14.2. The van der Waals surface area contributed by atoms with Crippen molar-refractivity contribution in [2.45, 2.75) is 52.0 Å². The highest BCUT2D eigenvalue weighted by atomic mass is 35.5. The van der Waals surface area contributed by atoms with Gasteiger partial charge in [0.2, 0.25) is 0 Å². The number of fused-ring (bicyclic) bond motifs is 2. The van der Waals surface area contributed by atoms with Crippen molar-refractivity contribution in [3.63, 3.8) is 0 Å². The lowest BCUT2D eigenvalue weighted by molar-refractivity contribution is 0.0685. The fourth-order valence-corrected chi connectivity index (χ4v) is 7.27. The van der Waals surface area contributed by atoms with Crippen molar-refractivity contribution in [1.29, 1.82) is 0 Å². The second-order valence-electron chi connectivity index (χ2n) is 11.5. The van der Waals surface area contributed by atoms with E-state index in [-0.39, 0.29) is 11.5 Å². The summed E-state index contributed by atoms with van der Waals surface area (Å²) >= 11 is 8.23. The summed E-state index contributed by atoms with van der Waals surface area (Å²) in [5.74, 6) is -0.657. The van der Waals surface area contributed by atoms with Crippen LogP contribution in [-0.4, -0.2) is 50.2 Å². The van der Waals surface area contributed by atoms with Crippen LogP contribution in [0.2, 0.25) is 5.02 Å². The Balaban J connectivity index is 1.25. The molecule has 0 atom stereocenters. The first kappa shape index (κ1) is 32.6. The van der Waals surface area contributed by atoms with Gasteiger partial charge in [-0.1, -0.05) is 23.7 Å². The molecular formula is C35H36ClFN6O3S. The first-order chi connectivity index (χ1) is 22.8. The summed E-state index contributed by atoms with van der Waals surface area (Å²) in [5, 5.41) is 29.7. The van der Waals surface area contributed by atoms with E-state index in [0.717, 1.165) is 73.5 Å². The fourth-order valence-electron chi connectivity index (χ4n) is 6.34. The van der Waals surface area contributed by atoms with Gasteiger partial charge in [-0.25, -0.2) is 9.18 Å². The molecule has 3 N–H and O–H groups in total. The Morgan fingerprint density at radius 2 is 1.96 bits per heavy atom. The molecule has 6 rings (SSSR count). The number of hydrazone groups is 1. The van der Waals surface area contributed by atoms with Gasteiger partial charge in [-0.3, -0.25) is 5.01 Å². The van der Waals surface area contributed by atoms with Crippen LogP contribution < -0.4 is 10.5 Å². The Bertz CT molecular complexity index is 2020. The predicted octanol–water partition coefficient (Wildman–Crippen LogP) is 7.37. The molecule has 0 spiro atoms. The summed E-state index contributed by atoms with van der Waals surface area (Å²) in [5.41, 5.74) is 10.3. The Morgan fingerprint density at radius 3 is 2.72 bits per heavy atom. The molecule has 0 unspecified atom stereocenters. The first-order valence-corrected chi connectivity index (χ1v) is 16.8. The van der Waals surface area contributed by atoms with Gasteiger partial charge in [-0.15, -0.1) is 21.5 Å². The third kappa shape index (κ3) is 6.88. The summed E-state index contributed by atoms with van der Waals surface area (Å²) in [6, 6.07) is 12.4. The third-order valence-corrected chi connectivity index (χ3v) is 9.76. The highest BCUT2D eigenvalue weighted by molar-refractivity contribution is 7.11. The van der Waals surface area contributed by atoms with E-state index in [9.17, 15) is 14.3 Å². The number of hydrogen-bond acceptors (Lipinski definition) is 8. The molecule has 0 aliphatic carbocycles. The zero-order chi connectivity index (χ0) is 33.1. The van der Waals surface area contributed by atoms with Gasteiger partial charge < -0.3 is 20.1 Å². The van der Waals surface area contributed by atoms with E-state index < -0.39 is 5.97 Å². The van der Waals surface area contributed by atoms with Crippen LogP contribution in [0.25, 0.3) is 27.8 Å². The average molecular weight is 675 g/mol. The number of carboxylic acids is 1. The second-order valence-corrected chi connectivity index (χ2v) is 13.0. The Kier molecular flexibility index (Phi) is 9.86. The number of rotatable bonds is 12. The molecule has 2 aromatic heterocycles. The number of nitrogens with zero attached hydrogens (tertiary/aromatic N) is 5. The number of carboxylic acid groups (broad SMARTS) is 1. The monoisotopic (exact) mass is 674 g/mol. The smallest absolute Gasteiger partial charge is 0.352 e. The molecule has 1 saturated heterocycles. The number of aromatic nitrogens is 3. The van der Waals surface area contributed by atoms with Crippen LogP contribution in [0.1, 0.15) is 63.4 Å². The summed E-state index contributed by atoms with van der Waals surface area (Å²) in [6.45, 7) is 3.41. The number of aromatic carboxylic acids is 1. The normalized spacial score (nSPS) is 14.4. The van der Waals surface area contributed by atoms with Crippen LogP contribution in [0.4, 0.5) is 4.39 Å². The molecule has 0 radical (unpaired) electrons. The van der Waals surface area contributed by atoms with Crippen LogP contribution in [0.15, 0.2) is 53.3 Å². The highest BCUT2D eigenvalue weighted by Gasteiger charge is 2.24. The van der Waals surface area contributed by atoms with Crippen molar-refractivity contribution in [3.05, 3.63) is 91.4 Å². The molecule has 244 valence electrons. The van der Waals surface area contributed by atoms with Crippen LogP contribution in [0.5, 0.6) is 5.75 Å². The lowest BCUT2D eigenvalue weighted by atomic mass is 10.0. The first-order valence-electron chi connectivity index (χ1n) is 15.6. The van der Waals surface area contributed by atoms with E-state index in [1.54, 1.807) is 23.9 Å². The molecule has 0 bridgehead atoms. The minimum Gasteiger partial charge on any atom is -0.493 e. The maximum atomic E-state index is 14.2. The molecule has 1 aliphatic rings. The SMILES string of the molecule is C/C=N/N1CCC/C1=C\c1c(Cl)ccc2c(CCCOc3cc(CCc4nnc(CN)s4)cc4cc(F)ccc34)c(C(=O)O)n(C)c12. The van der Waals surface area contributed by atoms with Gasteiger partial charge in [0.25, 0.3) is 0 Å². The third-order valence-electron chi connectivity index (χ3n) is 8.42. The van der Waals surface area contributed by atoms with E-state index in [1.165, 1.54) is 23.5 Å². The Labute approximate surface area is 281 Å². The quantitative estimate of drug-likeness (QED) is 0.105. The largest absolute Gasteiger partial charge is 0.493 e. The molecule has 0 amide bonds. The van der Waals surface area contributed by atoms with Crippen molar-refractivity contribution in [2.24, 2.45) is 17.9 Å². The van der Waals surface area contributed by atoms with Crippen molar-refractivity contribution in [3.8, 4) is 5.75 Å². The zero-order valence-electron chi connectivity index (χ0n) is 26.3. The maximum Gasteiger partial charge on any atom is 0.352 e. The van der Waals surface area contributed by atoms with Crippen molar-refractivity contribution in [1.82, 2.24) is 19.8 Å². The zero-order valence-corrected chi connectivity index (χ0v) is 27.9. The van der Waals surface area contributed by atoms with Crippen LogP contribution in [0, 0.1) is 5.82 Å². The lowest BCUT2D eigenvalue weighted by Crippen LogP contribution is -2.10. The summed E-state index contributed by atoms with van der Waals surface area (Å²) in [6.07, 6.45) is 8.07. The van der Waals surface area contributed by atoms with Crippen LogP contribution in [0.3, 0.4) is 0 Å². The van der Waals surface area contributed by atoms with Gasteiger partial charge in [0.15, 0.2) is 0 Å². The average Bonchev–Trinajstić information content (AvgIpc) is 3.77. The lowest BCUT2D eigenvalue weighted by Gasteiger charge is -2.14. The number of halogens is 2. The van der Waals surface area contributed by atoms with Crippen molar-refractivity contribution in [2.75, 3.05) is 13.2 Å². The van der Waals surface area contributed by atoms with Crippen LogP contribution in [-0.2, 0) is 32.9 Å². The van der Waals surface area contributed by atoms with Gasteiger partial charge >= 0.3 is 5.97 Å². The predicted molar refractivity (Wildman–Crippen MR) is 186 cm³/mol. The fraction of sp³-hybridized carbons (Fsp3) is 0.314. The van der Waals surface area contributed by atoms with E-state index >= 15 is 0 Å². The number of nitrogens with two attached hydrogens (primary N) is 1. The minimum atomic E-state index is -0.998. The van der Waals surface area contributed by atoms with Crippen LogP contribution >= 0.6 is 22.9 Å². The van der Waals surface area contributed by atoms with Crippen molar-refractivity contribution < 1.29 is 19.0 Å². The number of hydrogen-bond donors (Lipinski definition) is 2. The summed E-state index contributed by atoms with van der Waals surface area (Å²) in [7, 11) is 1.77.